The minimum Gasteiger partial charge on any atom is -0.497 e. The number of rotatable bonds is 10. The van der Waals surface area contributed by atoms with Gasteiger partial charge in [-0.15, -0.1) is 0 Å². The van der Waals surface area contributed by atoms with Gasteiger partial charge in [0.15, 0.2) is 0 Å². The number of carbonyl (C=O) groups excluding carboxylic acids is 2. The van der Waals surface area contributed by atoms with E-state index in [9.17, 15) is 9.59 Å². The average Bonchev–Trinajstić information content (AvgIpc) is 3.40. The van der Waals surface area contributed by atoms with Gasteiger partial charge in [-0.05, 0) is 42.8 Å². The quantitative estimate of drug-likeness (QED) is 0.352. The first kappa shape index (κ1) is 25.5. The molecule has 0 saturated heterocycles. The van der Waals surface area contributed by atoms with Gasteiger partial charge in [0.05, 0.1) is 32.0 Å². The van der Waals surface area contributed by atoms with E-state index < -0.39 is 5.91 Å². The topological polar surface area (TPSA) is 85.7 Å². The molecular weight excluding hydrogens is 468 g/mol. The normalized spacial score (nSPS) is 10.6. The molecule has 190 valence electrons. The minimum absolute atomic E-state index is 0.134. The number of hydrogen-bond donors (Lipinski definition) is 1. The lowest BCUT2D eigenvalue weighted by atomic mass is 10.1. The second-order valence-electron chi connectivity index (χ2n) is 8.31. The summed E-state index contributed by atoms with van der Waals surface area (Å²) in [4.78, 5) is 28.0. The number of likely N-dealkylation sites (N-methyl/N-ethyl adjacent to an activating group) is 1. The van der Waals surface area contributed by atoms with E-state index in [-0.39, 0.29) is 12.5 Å². The van der Waals surface area contributed by atoms with Crippen molar-refractivity contribution >= 4 is 11.8 Å². The Bertz CT molecular complexity index is 1350. The van der Waals surface area contributed by atoms with Crippen LogP contribution in [0.2, 0.25) is 0 Å². The molecule has 0 aliphatic carbocycles. The number of nitrogens with zero attached hydrogens (tertiary/aromatic N) is 3. The van der Waals surface area contributed by atoms with Gasteiger partial charge >= 0.3 is 0 Å². The van der Waals surface area contributed by atoms with Crippen LogP contribution in [-0.2, 0) is 11.3 Å². The molecule has 3 aromatic carbocycles. The van der Waals surface area contributed by atoms with Crippen molar-refractivity contribution < 1.29 is 19.1 Å². The number of amides is 2. The number of hydrogen-bond acceptors (Lipinski definition) is 5. The number of ether oxygens (including phenoxy) is 2. The van der Waals surface area contributed by atoms with Gasteiger partial charge in [-0.25, -0.2) is 4.68 Å². The molecule has 0 bridgehead atoms. The number of carbonyl (C=O) groups is 2. The van der Waals surface area contributed by atoms with E-state index in [0.29, 0.717) is 41.4 Å². The van der Waals surface area contributed by atoms with Crippen LogP contribution in [0.3, 0.4) is 0 Å². The fraction of sp³-hybridized carbons (Fsp3) is 0.207. The van der Waals surface area contributed by atoms with Crippen molar-refractivity contribution in [1.29, 1.82) is 0 Å². The van der Waals surface area contributed by atoms with Crippen LogP contribution < -0.4 is 14.8 Å². The molecule has 0 spiro atoms. The Morgan fingerprint density at radius 1 is 0.946 bits per heavy atom. The highest BCUT2D eigenvalue weighted by Gasteiger charge is 2.23. The zero-order valence-electron chi connectivity index (χ0n) is 21.2. The van der Waals surface area contributed by atoms with Crippen molar-refractivity contribution in [2.24, 2.45) is 0 Å². The van der Waals surface area contributed by atoms with Crippen LogP contribution >= 0.6 is 0 Å². The van der Waals surface area contributed by atoms with Crippen LogP contribution in [0, 0.1) is 0 Å². The molecule has 0 fully saturated rings. The van der Waals surface area contributed by atoms with E-state index in [4.69, 9.17) is 14.6 Å². The van der Waals surface area contributed by atoms with E-state index >= 15 is 0 Å². The summed E-state index contributed by atoms with van der Waals surface area (Å²) < 4.78 is 12.6. The van der Waals surface area contributed by atoms with E-state index in [1.807, 2.05) is 67.6 Å². The van der Waals surface area contributed by atoms with Crippen molar-refractivity contribution in [3.63, 3.8) is 0 Å². The van der Waals surface area contributed by atoms with Crippen LogP contribution in [0.15, 0.2) is 85.1 Å². The van der Waals surface area contributed by atoms with Crippen molar-refractivity contribution in [3.05, 3.63) is 96.2 Å². The summed E-state index contributed by atoms with van der Waals surface area (Å²) >= 11 is 0. The molecule has 2 amide bonds. The Kier molecular flexibility index (Phi) is 8.20. The second-order valence-corrected chi connectivity index (χ2v) is 8.31. The average molecular weight is 499 g/mol. The van der Waals surface area contributed by atoms with E-state index in [1.54, 1.807) is 48.2 Å². The highest BCUT2D eigenvalue weighted by Crippen LogP contribution is 2.35. The van der Waals surface area contributed by atoms with Gasteiger partial charge in [0.25, 0.3) is 5.91 Å². The van der Waals surface area contributed by atoms with Gasteiger partial charge in [-0.2, -0.15) is 5.10 Å². The molecule has 8 heteroatoms. The molecule has 4 rings (SSSR count). The largest absolute Gasteiger partial charge is 0.497 e. The van der Waals surface area contributed by atoms with Crippen molar-refractivity contribution in [3.8, 4) is 28.4 Å². The summed E-state index contributed by atoms with van der Waals surface area (Å²) in [6, 6.07) is 24.6. The van der Waals surface area contributed by atoms with Crippen molar-refractivity contribution in [2.75, 3.05) is 27.3 Å². The molecule has 0 radical (unpaired) electrons. The third-order valence-electron chi connectivity index (χ3n) is 5.99. The first-order valence-electron chi connectivity index (χ1n) is 12.0. The Morgan fingerprint density at radius 2 is 1.65 bits per heavy atom. The SMILES string of the molecule is CCN(Cc1ccccc1)C(=O)CNC(=O)c1cn(-c2ccccc2)nc1-c1cc(OC)ccc1OC. The van der Waals surface area contributed by atoms with Crippen LogP contribution in [0.1, 0.15) is 22.8 Å². The van der Waals surface area contributed by atoms with Gasteiger partial charge in [0, 0.05) is 24.8 Å². The summed E-state index contributed by atoms with van der Waals surface area (Å²) in [5.74, 6) is 0.567. The lowest BCUT2D eigenvalue weighted by Gasteiger charge is -2.21. The maximum Gasteiger partial charge on any atom is 0.255 e. The van der Waals surface area contributed by atoms with Crippen LogP contribution in [0.25, 0.3) is 16.9 Å². The Hall–Kier alpha value is -4.59. The number of nitrogens with one attached hydrogen (secondary N) is 1. The molecule has 0 aliphatic rings. The number of benzene rings is 3. The van der Waals surface area contributed by atoms with Gasteiger partial charge in [-0.1, -0.05) is 48.5 Å². The fourth-order valence-corrected chi connectivity index (χ4v) is 3.99. The summed E-state index contributed by atoms with van der Waals surface area (Å²) in [5.41, 5.74) is 3.16. The highest BCUT2D eigenvalue weighted by atomic mass is 16.5. The minimum atomic E-state index is -0.411. The van der Waals surface area contributed by atoms with E-state index in [1.165, 1.54) is 0 Å². The third kappa shape index (κ3) is 5.98. The van der Waals surface area contributed by atoms with Crippen LogP contribution in [-0.4, -0.2) is 53.8 Å². The van der Waals surface area contributed by atoms with Gasteiger partial charge < -0.3 is 19.7 Å². The predicted octanol–water partition coefficient (Wildman–Crippen LogP) is 4.34. The lowest BCUT2D eigenvalue weighted by molar-refractivity contribution is -0.130. The number of methoxy groups -OCH3 is 2. The summed E-state index contributed by atoms with van der Waals surface area (Å²) in [5, 5.41) is 7.50. The maximum atomic E-state index is 13.4. The Labute approximate surface area is 216 Å². The van der Waals surface area contributed by atoms with E-state index in [0.717, 1.165) is 11.3 Å². The molecule has 0 aliphatic heterocycles. The number of para-hydroxylation sites is 1. The van der Waals surface area contributed by atoms with Crippen molar-refractivity contribution in [1.82, 2.24) is 20.0 Å². The fourth-order valence-electron chi connectivity index (χ4n) is 3.99. The third-order valence-corrected chi connectivity index (χ3v) is 5.99. The molecule has 0 unspecified atom stereocenters. The second kappa shape index (κ2) is 11.9. The molecular formula is C29H30N4O4. The highest BCUT2D eigenvalue weighted by molar-refractivity contribution is 6.02. The van der Waals surface area contributed by atoms with Gasteiger partial charge in [0.2, 0.25) is 5.91 Å². The smallest absolute Gasteiger partial charge is 0.255 e. The Balaban J connectivity index is 1.62. The molecule has 4 aromatic rings. The van der Waals surface area contributed by atoms with Crippen LogP contribution in [0.4, 0.5) is 0 Å². The first-order chi connectivity index (χ1) is 18.0. The van der Waals surface area contributed by atoms with Gasteiger partial charge in [0.1, 0.15) is 17.2 Å². The maximum absolute atomic E-state index is 13.4. The van der Waals surface area contributed by atoms with Gasteiger partial charge in [-0.3, -0.25) is 9.59 Å². The first-order valence-corrected chi connectivity index (χ1v) is 12.0. The summed E-state index contributed by atoms with van der Waals surface area (Å²) in [6.45, 7) is 2.79. The standard InChI is InChI=1S/C29H30N4O4/c1-4-32(19-21-11-7-5-8-12-21)27(34)18-30-29(35)25-20-33(22-13-9-6-10-14-22)31-28(25)24-17-23(36-2)15-16-26(24)37-3/h5-17,20H,4,18-19H2,1-3H3,(H,30,35). The predicted molar refractivity (Wildman–Crippen MR) is 142 cm³/mol. The zero-order chi connectivity index (χ0) is 26.2. The molecule has 1 aromatic heterocycles. The van der Waals surface area contributed by atoms with Crippen LogP contribution in [0.5, 0.6) is 11.5 Å². The molecule has 0 atom stereocenters. The molecule has 8 nitrogen and oxygen atoms in total. The molecule has 37 heavy (non-hydrogen) atoms. The Morgan fingerprint density at radius 3 is 2.30 bits per heavy atom. The lowest BCUT2D eigenvalue weighted by Crippen LogP contribution is -2.39. The summed E-state index contributed by atoms with van der Waals surface area (Å²) in [7, 11) is 3.13. The molecule has 1 N–H and O–H groups in total. The van der Waals surface area contributed by atoms with Crippen molar-refractivity contribution in [2.45, 2.75) is 13.5 Å². The molecule has 0 saturated carbocycles. The number of aromatic nitrogens is 2. The summed E-state index contributed by atoms with van der Waals surface area (Å²) in [6.07, 6.45) is 1.66. The zero-order valence-corrected chi connectivity index (χ0v) is 21.2. The monoisotopic (exact) mass is 498 g/mol. The van der Waals surface area contributed by atoms with E-state index in [2.05, 4.69) is 5.32 Å². The molecule has 1 heterocycles.